The summed E-state index contributed by atoms with van der Waals surface area (Å²) in [6, 6.07) is 0. The van der Waals surface area contributed by atoms with E-state index in [0.29, 0.717) is 11.7 Å². The molecule has 3 atom stereocenters. The SMILES string of the molecule is C[C@@H]1[C@H]2CC[C@]1(C)C(=O)C2. The van der Waals surface area contributed by atoms with Crippen LogP contribution in [0, 0.1) is 17.3 Å². The first-order chi connectivity index (χ1) is 4.64. The number of rotatable bonds is 0. The molecule has 0 heterocycles. The molecule has 2 bridgehead atoms. The predicted molar refractivity (Wildman–Crippen MR) is 39.6 cm³/mol. The Morgan fingerprint density at radius 3 is 2.50 bits per heavy atom. The van der Waals surface area contributed by atoms with E-state index in [1.807, 2.05) is 0 Å². The number of fused-ring (bicyclic) bond motifs is 2. The first-order valence-electron chi connectivity index (χ1n) is 4.18. The van der Waals surface area contributed by atoms with Crippen LogP contribution in [0.3, 0.4) is 0 Å². The van der Waals surface area contributed by atoms with Gasteiger partial charge >= 0.3 is 0 Å². The van der Waals surface area contributed by atoms with E-state index in [1.54, 1.807) is 0 Å². The summed E-state index contributed by atoms with van der Waals surface area (Å²) in [4.78, 5) is 11.4. The third-order valence-electron chi connectivity index (χ3n) is 3.83. The molecule has 2 saturated carbocycles. The second-order valence-corrected chi connectivity index (χ2v) is 4.13. The van der Waals surface area contributed by atoms with E-state index < -0.39 is 0 Å². The van der Waals surface area contributed by atoms with Crippen LogP contribution < -0.4 is 0 Å². The zero-order chi connectivity index (χ0) is 7.35. The standard InChI is InChI=1S/C9H14O/c1-6-7-3-4-9(6,2)8(10)5-7/h6-7H,3-5H2,1-2H3/t6-,7+,9+/m1/s1. The predicted octanol–water partition coefficient (Wildman–Crippen LogP) is 2.01. The van der Waals surface area contributed by atoms with E-state index in [4.69, 9.17) is 0 Å². The number of carbonyl (C=O) groups excluding carboxylic acids is 1. The van der Waals surface area contributed by atoms with Crippen molar-refractivity contribution in [2.24, 2.45) is 17.3 Å². The fourth-order valence-electron chi connectivity index (χ4n) is 2.63. The minimum atomic E-state index is 0.0880. The lowest BCUT2D eigenvalue weighted by Crippen LogP contribution is -2.24. The van der Waals surface area contributed by atoms with Gasteiger partial charge in [-0.2, -0.15) is 0 Å². The summed E-state index contributed by atoms with van der Waals surface area (Å²) >= 11 is 0. The molecule has 56 valence electrons. The monoisotopic (exact) mass is 138 g/mol. The van der Waals surface area contributed by atoms with E-state index in [0.717, 1.165) is 18.8 Å². The van der Waals surface area contributed by atoms with Gasteiger partial charge in [-0.1, -0.05) is 13.8 Å². The Kier molecular flexibility index (Phi) is 1.04. The van der Waals surface area contributed by atoms with Gasteiger partial charge in [0.1, 0.15) is 5.78 Å². The molecule has 0 aliphatic heterocycles. The van der Waals surface area contributed by atoms with Crippen molar-refractivity contribution >= 4 is 5.78 Å². The van der Waals surface area contributed by atoms with E-state index in [1.165, 1.54) is 6.42 Å². The molecule has 0 unspecified atom stereocenters. The van der Waals surface area contributed by atoms with Gasteiger partial charge < -0.3 is 0 Å². The molecule has 0 N–H and O–H groups in total. The van der Waals surface area contributed by atoms with Gasteiger partial charge in [0.05, 0.1) is 0 Å². The van der Waals surface area contributed by atoms with Gasteiger partial charge in [0.25, 0.3) is 0 Å². The number of hydrogen-bond acceptors (Lipinski definition) is 1. The zero-order valence-electron chi connectivity index (χ0n) is 6.68. The Morgan fingerprint density at radius 2 is 2.30 bits per heavy atom. The normalized spacial score (nSPS) is 52.4. The number of ketones is 1. The highest BCUT2D eigenvalue weighted by molar-refractivity contribution is 5.88. The molecule has 0 aromatic rings. The minimum absolute atomic E-state index is 0.0880. The van der Waals surface area contributed by atoms with Crippen molar-refractivity contribution in [1.29, 1.82) is 0 Å². The maximum absolute atomic E-state index is 11.4. The Balaban J connectivity index is 2.37. The Hall–Kier alpha value is -0.330. The van der Waals surface area contributed by atoms with Crippen LogP contribution >= 0.6 is 0 Å². The Labute approximate surface area is 61.8 Å². The third-order valence-corrected chi connectivity index (χ3v) is 3.83. The highest BCUT2D eigenvalue weighted by Gasteiger charge is 2.53. The minimum Gasteiger partial charge on any atom is -0.299 e. The average Bonchev–Trinajstić information content (AvgIpc) is 2.25. The Bertz CT molecular complexity index is 185. The van der Waals surface area contributed by atoms with Crippen LogP contribution in [0.15, 0.2) is 0 Å². The van der Waals surface area contributed by atoms with E-state index in [2.05, 4.69) is 13.8 Å². The van der Waals surface area contributed by atoms with Gasteiger partial charge in [-0.05, 0) is 24.7 Å². The summed E-state index contributed by atoms with van der Waals surface area (Å²) in [5, 5.41) is 0. The highest BCUT2D eigenvalue weighted by atomic mass is 16.1. The first kappa shape index (κ1) is 6.38. The van der Waals surface area contributed by atoms with Gasteiger partial charge in [-0.25, -0.2) is 0 Å². The van der Waals surface area contributed by atoms with Crippen LogP contribution in [-0.2, 0) is 4.79 Å². The van der Waals surface area contributed by atoms with Gasteiger partial charge in [-0.15, -0.1) is 0 Å². The molecule has 0 aromatic heterocycles. The Morgan fingerprint density at radius 1 is 1.60 bits per heavy atom. The quantitative estimate of drug-likeness (QED) is 0.500. The lowest BCUT2D eigenvalue weighted by atomic mass is 9.81. The topological polar surface area (TPSA) is 17.1 Å². The summed E-state index contributed by atoms with van der Waals surface area (Å²) in [6.07, 6.45) is 3.32. The summed E-state index contributed by atoms with van der Waals surface area (Å²) in [5.74, 6) is 1.92. The molecule has 0 amide bonds. The molecule has 2 aliphatic rings. The maximum Gasteiger partial charge on any atom is 0.139 e. The molecule has 0 aromatic carbocycles. The fourth-order valence-corrected chi connectivity index (χ4v) is 2.63. The van der Waals surface area contributed by atoms with Gasteiger partial charge in [0.15, 0.2) is 0 Å². The summed E-state index contributed by atoms with van der Waals surface area (Å²) < 4.78 is 0. The van der Waals surface area contributed by atoms with E-state index in [9.17, 15) is 4.79 Å². The van der Waals surface area contributed by atoms with Gasteiger partial charge in [0.2, 0.25) is 0 Å². The van der Waals surface area contributed by atoms with E-state index >= 15 is 0 Å². The molecular weight excluding hydrogens is 124 g/mol. The smallest absolute Gasteiger partial charge is 0.139 e. The van der Waals surface area contributed by atoms with Crippen LogP contribution in [0.4, 0.5) is 0 Å². The van der Waals surface area contributed by atoms with Crippen molar-refractivity contribution in [1.82, 2.24) is 0 Å². The molecule has 2 fully saturated rings. The van der Waals surface area contributed by atoms with Crippen molar-refractivity contribution in [3.63, 3.8) is 0 Å². The van der Waals surface area contributed by atoms with Crippen LogP contribution in [0.25, 0.3) is 0 Å². The van der Waals surface area contributed by atoms with Crippen molar-refractivity contribution in [2.75, 3.05) is 0 Å². The third kappa shape index (κ3) is 0.518. The van der Waals surface area contributed by atoms with Crippen LogP contribution in [0.2, 0.25) is 0 Å². The van der Waals surface area contributed by atoms with Crippen LogP contribution in [0.1, 0.15) is 33.1 Å². The molecule has 10 heavy (non-hydrogen) atoms. The first-order valence-corrected chi connectivity index (χ1v) is 4.18. The maximum atomic E-state index is 11.4. The number of Topliss-reactive ketones (excluding diaryl/α,β-unsaturated/α-hetero) is 1. The van der Waals surface area contributed by atoms with Crippen molar-refractivity contribution in [3.05, 3.63) is 0 Å². The molecule has 2 rings (SSSR count). The number of carbonyl (C=O) groups is 1. The van der Waals surface area contributed by atoms with Crippen molar-refractivity contribution in [2.45, 2.75) is 33.1 Å². The van der Waals surface area contributed by atoms with Crippen molar-refractivity contribution < 1.29 is 4.79 Å². The summed E-state index contributed by atoms with van der Waals surface area (Å²) in [7, 11) is 0. The largest absolute Gasteiger partial charge is 0.299 e. The van der Waals surface area contributed by atoms with Crippen molar-refractivity contribution in [3.8, 4) is 0 Å². The highest BCUT2D eigenvalue weighted by Crippen LogP contribution is 2.55. The fraction of sp³-hybridized carbons (Fsp3) is 0.889. The number of hydrogen-bond donors (Lipinski definition) is 0. The molecular formula is C9H14O. The van der Waals surface area contributed by atoms with Crippen LogP contribution in [-0.4, -0.2) is 5.78 Å². The summed E-state index contributed by atoms with van der Waals surface area (Å²) in [5.41, 5.74) is 0.0880. The average molecular weight is 138 g/mol. The second-order valence-electron chi connectivity index (χ2n) is 4.13. The molecule has 0 radical (unpaired) electrons. The lowest BCUT2D eigenvalue weighted by molar-refractivity contribution is -0.126. The second kappa shape index (κ2) is 1.63. The molecule has 1 heteroatoms. The van der Waals surface area contributed by atoms with Crippen LogP contribution in [0.5, 0.6) is 0 Å². The van der Waals surface area contributed by atoms with E-state index in [-0.39, 0.29) is 5.41 Å². The summed E-state index contributed by atoms with van der Waals surface area (Å²) in [6.45, 7) is 4.38. The molecule has 0 saturated heterocycles. The zero-order valence-corrected chi connectivity index (χ0v) is 6.68. The molecule has 1 nitrogen and oxygen atoms in total. The van der Waals surface area contributed by atoms with Gasteiger partial charge in [0, 0.05) is 11.8 Å². The molecule has 2 aliphatic carbocycles. The molecule has 0 spiro atoms. The lowest BCUT2D eigenvalue weighted by Gasteiger charge is -2.21. The van der Waals surface area contributed by atoms with Gasteiger partial charge in [-0.3, -0.25) is 4.79 Å².